The van der Waals surface area contributed by atoms with Gasteiger partial charge in [-0.2, -0.15) is 0 Å². The van der Waals surface area contributed by atoms with Gasteiger partial charge in [0.2, 0.25) is 5.91 Å². The molecule has 61 heavy (non-hydrogen) atoms. The molecule has 16 nitrogen and oxygen atoms in total. The first-order valence-electron chi connectivity index (χ1n) is 21.3. The van der Waals surface area contributed by atoms with Crippen molar-refractivity contribution in [2.75, 3.05) is 32.6 Å². The van der Waals surface area contributed by atoms with E-state index >= 15 is 0 Å². The second-order valence-electron chi connectivity index (χ2n) is 18.4. The minimum atomic E-state index is -1.87. The van der Waals surface area contributed by atoms with E-state index in [-0.39, 0.29) is 56.1 Å². The lowest BCUT2D eigenvalue weighted by molar-refractivity contribution is -0.299. The van der Waals surface area contributed by atoms with Crippen molar-refractivity contribution >= 4 is 34.9 Å². The highest BCUT2D eigenvalue weighted by Gasteiger charge is 2.53. The minimum absolute atomic E-state index is 0.118. The lowest BCUT2D eigenvalue weighted by Crippen LogP contribution is -2.62. The number of cyclic esters (lactones) is 1. The van der Waals surface area contributed by atoms with Crippen LogP contribution in [0.15, 0.2) is 28.3 Å². The monoisotopic (exact) mass is 855 g/mol. The number of aliphatic imine (C=N–C) groups is 1. The number of ketones is 1. The van der Waals surface area contributed by atoms with E-state index in [9.17, 15) is 24.6 Å². The number of oxime groups is 1. The SMILES string of the molecule is CC[C@H]1OC(=O)[C@H](C)C(=O)[C@H](C)[C@@H](O[C@@H]2O[C@H](C)C[C@H](N(C)C(C)(C)C)[C@H]2O)[C@@]2(C)C[C@@H](C)C(=NC(C)=O)[C@H](C)[C@@H](OC/C(=N\OCC#Cc3cccc(N)n3)CO2)[C@]1(C)O. The summed E-state index contributed by atoms with van der Waals surface area (Å²) in [6.07, 6.45) is -5.33. The predicted octanol–water partition coefficient (Wildman–Crippen LogP) is 4.12. The first-order valence-corrected chi connectivity index (χ1v) is 21.3. The molecule has 3 saturated heterocycles. The number of ether oxygens (including phenoxy) is 5. The Labute approximate surface area is 361 Å². The Hall–Kier alpha value is -3.82. The molecule has 0 unspecified atom stereocenters. The maximum absolute atomic E-state index is 14.6. The molecule has 16 heteroatoms. The maximum Gasteiger partial charge on any atom is 0.316 e. The zero-order valence-corrected chi connectivity index (χ0v) is 38.3. The van der Waals surface area contributed by atoms with Crippen LogP contribution in [-0.2, 0) is 42.9 Å². The predicted molar refractivity (Wildman–Crippen MR) is 229 cm³/mol. The normalized spacial score (nSPS) is 37.2. The van der Waals surface area contributed by atoms with E-state index in [1.165, 1.54) is 20.8 Å². The van der Waals surface area contributed by atoms with E-state index in [2.05, 4.69) is 52.6 Å². The van der Waals surface area contributed by atoms with E-state index in [0.29, 0.717) is 23.6 Å². The lowest BCUT2D eigenvalue weighted by atomic mass is 9.73. The zero-order chi connectivity index (χ0) is 45.6. The number of carbonyl (C=O) groups excluding carboxylic acids is 3. The summed E-state index contributed by atoms with van der Waals surface area (Å²) in [5, 5.41) is 28.8. The van der Waals surface area contributed by atoms with Crippen molar-refractivity contribution in [3.05, 3.63) is 23.9 Å². The van der Waals surface area contributed by atoms with Crippen LogP contribution in [0.3, 0.4) is 0 Å². The largest absolute Gasteiger partial charge is 0.459 e. The van der Waals surface area contributed by atoms with Crippen molar-refractivity contribution < 1.29 is 53.1 Å². The Morgan fingerprint density at radius 2 is 1.80 bits per heavy atom. The smallest absolute Gasteiger partial charge is 0.316 e. The average molecular weight is 856 g/mol. The van der Waals surface area contributed by atoms with Crippen molar-refractivity contribution in [2.24, 2.45) is 33.8 Å². The number of aliphatic hydroxyl groups is 2. The molecule has 4 N–H and O–H groups in total. The van der Waals surface area contributed by atoms with E-state index in [1.54, 1.807) is 45.9 Å². The molecule has 1 aromatic heterocycles. The van der Waals surface area contributed by atoms with Gasteiger partial charge in [-0.05, 0) is 98.7 Å². The molecule has 0 radical (unpaired) electrons. The topological polar surface area (TPSA) is 214 Å². The van der Waals surface area contributed by atoms with Crippen molar-refractivity contribution in [1.29, 1.82) is 0 Å². The van der Waals surface area contributed by atoms with Crippen molar-refractivity contribution in [1.82, 2.24) is 9.88 Å². The van der Waals surface area contributed by atoms with Crippen LogP contribution >= 0.6 is 0 Å². The fourth-order valence-corrected chi connectivity index (χ4v) is 8.78. The molecule has 13 atom stereocenters. The molecule has 0 aliphatic carbocycles. The Bertz CT molecular complexity index is 1840. The van der Waals surface area contributed by atoms with Gasteiger partial charge >= 0.3 is 5.97 Å². The number of hydrogen-bond acceptors (Lipinski definition) is 15. The number of amides is 1. The Morgan fingerprint density at radius 3 is 2.43 bits per heavy atom. The van der Waals surface area contributed by atoms with Gasteiger partial charge in [0.25, 0.3) is 0 Å². The van der Waals surface area contributed by atoms with Gasteiger partial charge in [-0.25, -0.2) is 9.98 Å². The average Bonchev–Trinajstić information content (AvgIpc) is 3.19. The molecule has 4 rings (SSSR count). The number of aliphatic hydroxyl groups excluding tert-OH is 1. The molecular weight excluding hydrogens is 787 g/mol. The molecule has 0 spiro atoms. The molecule has 1 amide bonds. The van der Waals surface area contributed by atoms with Crippen LogP contribution in [0.1, 0.15) is 108 Å². The first kappa shape index (κ1) is 49.8. The number of nitrogens with two attached hydrogens (primary N) is 1. The van der Waals surface area contributed by atoms with Gasteiger partial charge in [-0.3, -0.25) is 19.3 Å². The quantitative estimate of drug-likeness (QED) is 0.121. The van der Waals surface area contributed by atoms with Gasteiger partial charge in [-0.1, -0.05) is 44.8 Å². The third-order valence-electron chi connectivity index (χ3n) is 12.3. The summed E-state index contributed by atoms with van der Waals surface area (Å²) in [5.41, 5.74) is 3.29. The number of likely N-dealkylation sites (N-methyl/N-ethyl adjacent to an activating group) is 1. The zero-order valence-electron chi connectivity index (χ0n) is 38.3. The molecule has 4 heterocycles. The van der Waals surface area contributed by atoms with Gasteiger partial charge in [0.05, 0.1) is 37.1 Å². The van der Waals surface area contributed by atoms with Gasteiger partial charge in [-0.15, -0.1) is 0 Å². The summed E-state index contributed by atoms with van der Waals surface area (Å²) in [5.74, 6) is 0.651. The summed E-state index contributed by atoms with van der Waals surface area (Å²) >= 11 is 0. The molecule has 2 bridgehead atoms. The summed E-state index contributed by atoms with van der Waals surface area (Å²) in [6, 6.07) is 4.73. The van der Waals surface area contributed by atoms with E-state index in [1.807, 2.05) is 20.9 Å². The number of fused-ring (bicyclic) bond motifs is 5. The summed E-state index contributed by atoms with van der Waals surface area (Å²) < 4.78 is 32.6. The lowest BCUT2D eigenvalue weighted by Gasteiger charge is -2.49. The molecule has 3 fully saturated rings. The van der Waals surface area contributed by atoms with Crippen LogP contribution in [0, 0.1) is 35.5 Å². The van der Waals surface area contributed by atoms with Crippen LogP contribution in [0.5, 0.6) is 0 Å². The van der Waals surface area contributed by atoms with Gasteiger partial charge in [0, 0.05) is 36.1 Å². The summed E-state index contributed by atoms with van der Waals surface area (Å²) in [7, 11) is 1.94. The molecule has 340 valence electrons. The number of Topliss-reactive ketones (excluding diaryl/α,β-unsaturated/α-hetero) is 1. The minimum Gasteiger partial charge on any atom is -0.459 e. The standard InChI is InChI=1S/C45H69N5O11/c1-14-34-45(12,55)40-27(4)36(47-30(7)51)25(2)22-44(11,57-24-32(23-56-40)49-58-20-16-18-31-17-15-19-35(46)48-31)39(28(5)37(52)29(6)41(54)60-34)61-42-38(53)33(21-26(3)59-42)50(13)43(8,9)10/h15,17,19,25-29,33-34,38-40,42,53,55H,14,20-24H2,1-13H3,(H2,46,48)/b47-36?,49-32+/t25-,26-,27+,28+,29-,33+,34-,38-,39-,40-,42+,44-,45-/m1/s1. The molecule has 3 aliphatic rings. The summed E-state index contributed by atoms with van der Waals surface area (Å²) in [4.78, 5) is 57.8. The van der Waals surface area contributed by atoms with Crippen LogP contribution in [0.4, 0.5) is 5.82 Å². The molecule has 0 saturated carbocycles. The third-order valence-corrected chi connectivity index (χ3v) is 12.3. The number of rotatable bonds is 6. The highest BCUT2D eigenvalue weighted by molar-refractivity contribution is 6.00. The van der Waals surface area contributed by atoms with Crippen molar-refractivity contribution in [3.63, 3.8) is 0 Å². The number of nitrogens with zero attached hydrogens (tertiary/aromatic N) is 4. The maximum atomic E-state index is 14.6. The fourth-order valence-electron chi connectivity index (χ4n) is 8.78. The number of nitrogen functional groups attached to an aromatic ring is 1. The summed E-state index contributed by atoms with van der Waals surface area (Å²) in [6.45, 7) is 20.6. The fraction of sp³-hybridized carbons (Fsp3) is 0.733. The second-order valence-corrected chi connectivity index (χ2v) is 18.4. The van der Waals surface area contributed by atoms with Gasteiger partial charge < -0.3 is 44.5 Å². The number of pyridine rings is 1. The molecule has 0 aromatic carbocycles. The van der Waals surface area contributed by atoms with Crippen LogP contribution in [-0.4, -0.2) is 136 Å². The third kappa shape index (κ3) is 12.2. The highest BCUT2D eigenvalue weighted by Crippen LogP contribution is 2.40. The number of anilines is 1. The molecular formula is C45H69N5O11. The van der Waals surface area contributed by atoms with Gasteiger partial charge in [0.15, 0.2) is 18.7 Å². The van der Waals surface area contributed by atoms with E-state index in [4.69, 9.17) is 34.3 Å². The van der Waals surface area contributed by atoms with Crippen molar-refractivity contribution in [3.8, 4) is 11.8 Å². The van der Waals surface area contributed by atoms with Crippen LogP contribution in [0.25, 0.3) is 0 Å². The van der Waals surface area contributed by atoms with E-state index < -0.39 is 83.2 Å². The number of aromatic nitrogens is 1. The van der Waals surface area contributed by atoms with Crippen molar-refractivity contribution in [2.45, 2.75) is 162 Å². The highest BCUT2D eigenvalue weighted by atomic mass is 16.7. The first-order chi connectivity index (χ1) is 28.4. The molecule has 1 aromatic rings. The number of hydrogen-bond donors (Lipinski definition) is 3. The number of carbonyl (C=O) groups is 3. The van der Waals surface area contributed by atoms with Crippen LogP contribution in [0.2, 0.25) is 0 Å². The van der Waals surface area contributed by atoms with Crippen LogP contribution < -0.4 is 5.73 Å². The number of esters is 1. The molecule has 3 aliphatic heterocycles. The van der Waals surface area contributed by atoms with Gasteiger partial charge in [0.1, 0.15) is 41.0 Å². The Balaban J connectivity index is 1.92. The Kier molecular flexibility index (Phi) is 16.8. The second kappa shape index (κ2) is 20.6. The van der Waals surface area contributed by atoms with E-state index in [0.717, 1.165) is 0 Å². The Morgan fingerprint density at radius 1 is 1.11 bits per heavy atom.